The molecule has 3 heteroatoms. The number of aliphatic hydroxyl groups is 2. The molecule has 3 nitrogen and oxygen atoms in total. The van der Waals surface area contributed by atoms with Crippen molar-refractivity contribution in [2.45, 2.75) is 103 Å². The first-order chi connectivity index (χ1) is 10.2. The SMILES string of the molecule is CCCCC(O)CN(CC(O)CCCC)C1CCCCC1. The maximum absolute atomic E-state index is 10.2. The Hall–Kier alpha value is -0.120. The second kappa shape index (κ2) is 11.4. The third-order valence-electron chi connectivity index (χ3n) is 4.76. The fourth-order valence-electron chi connectivity index (χ4n) is 3.42. The van der Waals surface area contributed by atoms with Crippen LogP contribution < -0.4 is 0 Å². The lowest BCUT2D eigenvalue weighted by molar-refractivity contribution is 0.0283. The quantitative estimate of drug-likeness (QED) is 0.611. The second-order valence-corrected chi connectivity index (χ2v) is 6.84. The molecule has 0 spiro atoms. The van der Waals surface area contributed by atoms with Crippen LogP contribution in [0, 0.1) is 0 Å². The lowest BCUT2D eigenvalue weighted by Gasteiger charge is -2.37. The highest BCUT2D eigenvalue weighted by molar-refractivity contribution is 4.79. The van der Waals surface area contributed by atoms with Gasteiger partial charge in [-0.1, -0.05) is 58.8 Å². The number of rotatable bonds is 11. The Morgan fingerprint density at radius 1 is 0.857 bits per heavy atom. The third-order valence-corrected chi connectivity index (χ3v) is 4.76. The average molecular weight is 299 g/mol. The molecule has 21 heavy (non-hydrogen) atoms. The standard InChI is InChI=1S/C18H37NO2/c1-3-5-12-17(20)14-19(15-18(21)13-6-4-2)16-10-8-7-9-11-16/h16-18,20-21H,3-15H2,1-2H3. The fourth-order valence-corrected chi connectivity index (χ4v) is 3.42. The summed E-state index contributed by atoms with van der Waals surface area (Å²) in [6.07, 6.45) is 12.2. The minimum Gasteiger partial charge on any atom is -0.392 e. The number of hydrogen-bond donors (Lipinski definition) is 2. The first-order valence-electron chi connectivity index (χ1n) is 9.27. The monoisotopic (exact) mass is 299 g/mol. The molecule has 0 amide bonds. The predicted molar refractivity (Wildman–Crippen MR) is 89.5 cm³/mol. The Labute approximate surface area is 131 Å². The summed E-state index contributed by atoms with van der Waals surface area (Å²) in [5.41, 5.74) is 0. The van der Waals surface area contributed by atoms with E-state index in [4.69, 9.17) is 0 Å². The molecule has 1 rings (SSSR count). The van der Waals surface area contributed by atoms with E-state index in [2.05, 4.69) is 18.7 Å². The van der Waals surface area contributed by atoms with Gasteiger partial charge in [0.2, 0.25) is 0 Å². The van der Waals surface area contributed by atoms with E-state index in [9.17, 15) is 10.2 Å². The minimum atomic E-state index is -0.231. The molecule has 0 bridgehead atoms. The zero-order chi connectivity index (χ0) is 15.5. The molecule has 0 aromatic carbocycles. The van der Waals surface area contributed by atoms with Crippen LogP contribution >= 0.6 is 0 Å². The van der Waals surface area contributed by atoms with Crippen LogP contribution in [0.1, 0.15) is 84.5 Å². The molecule has 1 fully saturated rings. The topological polar surface area (TPSA) is 43.7 Å². The van der Waals surface area contributed by atoms with Crippen LogP contribution in [0.2, 0.25) is 0 Å². The smallest absolute Gasteiger partial charge is 0.0667 e. The van der Waals surface area contributed by atoms with E-state index in [1.807, 2.05) is 0 Å². The van der Waals surface area contributed by atoms with E-state index in [-0.39, 0.29) is 12.2 Å². The van der Waals surface area contributed by atoms with Crippen molar-refractivity contribution < 1.29 is 10.2 Å². The molecule has 1 saturated carbocycles. The molecule has 0 aliphatic heterocycles. The summed E-state index contributed by atoms with van der Waals surface area (Å²) >= 11 is 0. The summed E-state index contributed by atoms with van der Waals surface area (Å²) in [7, 11) is 0. The number of aliphatic hydroxyl groups excluding tert-OH is 2. The minimum absolute atomic E-state index is 0.231. The lowest BCUT2D eigenvalue weighted by Crippen LogP contribution is -2.45. The maximum Gasteiger partial charge on any atom is 0.0667 e. The average Bonchev–Trinajstić information content (AvgIpc) is 2.51. The molecule has 1 aliphatic rings. The second-order valence-electron chi connectivity index (χ2n) is 6.84. The van der Waals surface area contributed by atoms with Gasteiger partial charge in [0.25, 0.3) is 0 Å². The Morgan fingerprint density at radius 2 is 1.33 bits per heavy atom. The van der Waals surface area contributed by atoms with Crippen molar-refractivity contribution >= 4 is 0 Å². The van der Waals surface area contributed by atoms with Crippen molar-refractivity contribution in [1.29, 1.82) is 0 Å². The molecule has 0 aromatic heterocycles. The number of nitrogens with zero attached hydrogens (tertiary/aromatic N) is 1. The lowest BCUT2D eigenvalue weighted by atomic mass is 9.93. The first-order valence-corrected chi connectivity index (χ1v) is 9.27. The van der Waals surface area contributed by atoms with Crippen LogP contribution in [0.3, 0.4) is 0 Å². The highest BCUT2D eigenvalue weighted by atomic mass is 16.3. The van der Waals surface area contributed by atoms with Crippen molar-refractivity contribution in [2.75, 3.05) is 13.1 Å². The van der Waals surface area contributed by atoms with Crippen molar-refractivity contribution in [3.8, 4) is 0 Å². The zero-order valence-corrected chi connectivity index (χ0v) is 14.3. The summed E-state index contributed by atoms with van der Waals surface area (Å²) < 4.78 is 0. The molecule has 0 saturated heterocycles. The van der Waals surface area contributed by atoms with Crippen molar-refractivity contribution in [2.24, 2.45) is 0 Å². The maximum atomic E-state index is 10.2. The Bertz CT molecular complexity index is 225. The zero-order valence-electron chi connectivity index (χ0n) is 14.3. The van der Waals surface area contributed by atoms with Gasteiger partial charge in [0.05, 0.1) is 12.2 Å². The molecular weight excluding hydrogens is 262 g/mol. The van der Waals surface area contributed by atoms with Crippen LogP contribution in [-0.2, 0) is 0 Å². The normalized spacial score (nSPS) is 19.9. The largest absolute Gasteiger partial charge is 0.392 e. The molecule has 0 aromatic rings. The van der Waals surface area contributed by atoms with E-state index >= 15 is 0 Å². The molecule has 2 unspecified atom stereocenters. The van der Waals surface area contributed by atoms with E-state index in [1.165, 1.54) is 32.1 Å². The van der Waals surface area contributed by atoms with Gasteiger partial charge in [0.1, 0.15) is 0 Å². The van der Waals surface area contributed by atoms with Crippen LogP contribution in [0.5, 0.6) is 0 Å². The van der Waals surface area contributed by atoms with E-state index < -0.39 is 0 Å². The summed E-state index contributed by atoms with van der Waals surface area (Å²) in [6.45, 7) is 5.82. The van der Waals surface area contributed by atoms with Gasteiger partial charge in [-0.2, -0.15) is 0 Å². The summed E-state index contributed by atoms with van der Waals surface area (Å²) in [6, 6.07) is 0.575. The van der Waals surface area contributed by atoms with Gasteiger partial charge < -0.3 is 10.2 Å². The van der Waals surface area contributed by atoms with Gasteiger partial charge in [0, 0.05) is 19.1 Å². The van der Waals surface area contributed by atoms with Gasteiger partial charge >= 0.3 is 0 Å². The van der Waals surface area contributed by atoms with Gasteiger partial charge in [-0.15, -0.1) is 0 Å². The first kappa shape index (κ1) is 18.9. The van der Waals surface area contributed by atoms with Gasteiger partial charge in [-0.3, -0.25) is 4.90 Å². The van der Waals surface area contributed by atoms with E-state index in [0.717, 1.165) is 51.6 Å². The molecule has 2 atom stereocenters. The van der Waals surface area contributed by atoms with Crippen molar-refractivity contribution in [3.63, 3.8) is 0 Å². The molecule has 1 aliphatic carbocycles. The van der Waals surface area contributed by atoms with Crippen LogP contribution in [-0.4, -0.2) is 46.5 Å². The molecular formula is C18H37NO2. The van der Waals surface area contributed by atoms with E-state index in [0.29, 0.717) is 6.04 Å². The van der Waals surface area contributed by atoms with Gasteiger partial charge in [-0.05, 0) is 25.7 Å². The Kier molecular flexibility index (Phi) is 10.3. The molecule has 2 N–H and O–H groups in total. The summed E-state index contributed by atoms with van der Waals surface area (Å²) in [5, 5.41) is 20.5. The van der Waals surface area contributed by atoms with Crippen molar-refractivity contribution in [1.82, 2.24) is 4.90 Å². The van der Waals surface area contributed by atoms with Gasteiger partial charge in [-0.25, -0.2) is 0 Å². The summed E-state index contributed by atoms with van der Waals surface area (Å²) in [5.74, 6) is 0. The van der Waals surface area contributed by atoms with E-state index in [1.54, 1.807) is 0 Å². The number of hydrogen-bond acceptors (Lipinski definition) is 3. The third kappa shape index (κ3) is 8.18. The van der Waals surface area contributed by atoms with Gasteiger partial charge in [0.15, 0.2) is 0 Å². The van der Waals surface area contributed by atoms with Crippen LogP contribution in [0.25, 0.3) is 0 Å². The molecule has 126 valence electrons. The summed E-state index contributed by atoms with van der Waals surface area (Å²) in [4.78, 5) is 2.39. The Balaban J connectivity index is 2.47. The Morgan fingerprint density at radius 3 is 1.76 bits per heavy atom. The fraction of sp³-hybridized carbons (Fsp3) is 1.00. The highest BCUT2D eigenvalue weighted by Crippen LogP contribution is 2.24. The predicted octanol–water partition coefficient (Wildman–Crippen LogP) is 3.72. The molecule has 0 radical (unpaired) electrons. The number of unbranched alkanes of at least 4 members (excludes halogenated alkanes) is 2. The van der Waals surface area contributed by atoms with Crippen LogP contribution in [0.15, 0.2) is 0 Å². The van der Waals surface area contributed by atoms with Crippen LogP contribution in [0.4, 0.5) is 0 Å². The molecule has 0 heterocycles. The van der Waals surface area contributed by atoms with Crippen molar-refractivity contribution in [3.05, 3.63) is 0 Å². The highest BCUT2D eigenvalue weighted by Gasteiger charge is 2.24.